The number of hydrogen-bond donors (Lipinski definition) is 0. The minimum atomic E-state index is 0.162. The molecule has 0 saturated heterocycles. The first-order valence-corrected chi connectivity index (χ1v) is 12.6. The van der Waals surface area contributed by atoms with Gasteiger partial charge in [-0.3, -0.25) is 0 Å². The summed E-state index contributed by atoms with van der Waals surface area (Å²) in [5.41, 5.74) is 1.40. The maximum Gasteiger partial charge on any atom is -0.0300 e. The van der Waals surface area contributed by atoms with Gasteiger partial charge in [0.25, 0.3) is 0 Å². The van der Waals surface area contributed by atoms with E-state index in [-0.39, 0.29) is 7.92 Å². The van der Waals surface area contributed by atoms with E-state index in [4.69, 9.17) is 0 Å². The smallest absolute Gasteiger partial charge is 0.0300 e. The SMILES string of the molecule is CC(CP(CC(C)CC(C)(C)C)CC(C)CC(C)(C)C)CC(C)(C)C. The van der Waals surface area contributed by atoms with Crippen molar-refractivity contribution in [1.82, 2.24) is 0 Å². The summed E-state index contributed by atoms with van der Waals surface area (Å²) in [5, 5.41) is 0. The van der Waals surface area contributed by atoms with Crippen LogP contribution < -0.4 is 0 Å². The van der Waals surface area contributed by atoms with E-state index in [2.05, 4.69) is 83.1 Å². The summed E-state index contributed by atoms with van der Waals surface area (Å²) in [5.74, 6) is 2.61. The summed E-state index contributed by atoms with van der Waals surface area (Å²) in [7, 11) is 0.162. The Labute approximate surface area is 163 Å². The molecule has 0 N–H and O–H groups in total. The van der Waals surface area contributed by atoms with Crippen LogP contribution in [0.5, 0.6) is 0 Å². The average Bonchev–Trinajstić information content (AvgIpc) is 2.18. The fraction of sp³-hybridized carbons (Fsp3) is 1.00. The van der Waals surface area contributed by atoms with Crippen LogP contribution >= 0.6 is 7.92 Å². The van der Waals surface area contributed by atoms with E-state index in [0.29, 0.717) is 16.2 Å². The minimum absolute atomic E-state index is 0.162. The lowest BCUT2D eigenvalue weighted by Crippen LogP contribution is -2.20. The Morgan fingerprint density at radius 2 is 0.680 bits per heavy atom. The Bertz CT molecular complexity index is 293. The van der Waals surface area contributed by atoms with Crippen LogP contribution in [0.2, 0.25) is 0 Å². The lowest BCUT2D eigenvalue weighted by molar-refractivity contribution is 0.314. The van der Waals surface area contributed by atoms with E-state index in [1.807, 2.05) is 0 Å². The number of rotatable bonds is 9. The molecule has 0 saturated carbocycles. The van der Waals surface area contributed by atoms with Crippen molar-refractivity contribution < 1.29 is 0 Å². The molecule has 3 unspecified atom stereocenters. The third-order valence-electron chi connectivity index (χ3n) is 4.59. The van der Waals surface area contributed by atoms with Crippen LogP contribution in [-0.4, -0.2) is 18.5 Å². The summed E-state index contributed by atoms with van der Waals surface area (Å²) in [6.07, 6.45) is 8.55. The quantitative estimate of drug-likeness (QED) is 0.356. The third-order valence-corrected chi connectivity index (χ3v) is 8.01. The predicted octanol–water partition coefficient (Wildman–Crippen LogP) is 8.69. The highest BCUT2D eigenvalue weighted by Gasteiger charge is 2.25. The zero-order valence-corrected chi connectivity index (χ0v) is 20.8. The Hall–Kier alpha value is 0.430. The zero-order chi connectivity index (χ0) is 20.1. The highest BCUT2D eigenvalue weighted by Crippen LogP contribution is 2.46. The zero-order valence-electron chi connectivity index (χ0n) is 19.9. The summed E-state index contributed by atoms with van der Waals surface area (Å²) in [4.78, 5) is 0. The summed E-state index contributed by atoms with van der Waals surface area (Å²) >= 11 is 0. The first-order chi connectivity index (χ1) is 11.0. The van der Waals surface area contributed by atoms with Crippen LogP contribution in [0.15, 0.2) is 0 Å². The second-order valence-electron chi connectivity index (χ2n) is 12.8. The lowest BCUT2D eigenvalue weighted by Gasteiger charge is -2.33. The van der Waals surface area contributed by atoms with Crippen molar-refractivity contribution >= 4 is 7.92 Å². The van der Waals surface area contributed by atoms with E-state index in [1.165, 1.54) is 37.7 Å². The summed E-state index contributed by atoms with van der Waals surface area (Å²) in [6, 6.07) is 0. The van der Waals surface area contributed by atoms with Gasteiger partial charge in [-0.2, -0.15) is 0 Å². The van der Waals surface area contributed by atoms with Gasteiger partial charge in [-0.15, -0.1) is 7.92 Å². The summed E-state index contributed by atoms with van der Waals surface area (Å²) < 4.78 is 0. The molecule has 0 aromatic heterocycles. The van der Waals surface area contributed by atoms with Crippen molar-refractivity contribution in [2.24, 2.45) is 34.0 Å². The van der Waals surface area contributed by atoms with E-state index in [9.17, 15) is 0 Å². The standard InChI is InChI=1S/C24H51P/c1-19(13-22(4,5)6)16-25(17-20(2)14-23(7,8)9)18-21(3)15-24(10,11)12/h19-21H,13-18H2,1-12H3. The molecule has 0 aliphatic heterocycles. The van der Waals surface area contributed by atoms with Crippen LogP contribution in [-0.2, 0) is 0 Å². The van der Waals surface area contributed by atoms with Gasteiger partial charge in [0.2, 0.25) is 0 Å². The second-order valence-corrected chi connectivity index (χ2v) is 15.3. The van der Waals surface area contributed by atoms with E-state index in [0.717, 1.165) is 17.8 Å². The van der Waals surface area contributed by atoms with E-state index < -0.39 is 0 Å². The molecular weight excluding hydrogens is 319 g/mol. The van der Waals surface area contributed by atoms with Crippen molar-refractivity contribution in [3.05, 3.63) is 0 Å². The molecule has 0 nitrogen and oxygen atoms in total. The van der Waals surface area contributed by atoms with Gasteiger partial charge in [-0.05, 0) is 71.7 Å². The molecule has 0 aliphatic carbocycles. The van der Waals surface area contributed by atoms with Crippen molar-refractivity contribution in [1.29, 1.82) is 0 Å². The maximum absolute atomic E-state index is 2.50. The molecule has 0 spiro atoms. The molecule has 0 radical (unpaired) electrons. The third kappa shape index (κ3) is 16.3. The highest BCUT2D eigenvalue weighted by atomic mass is 31.1. The Kier molecular flexibility index (Phi) is 10.3. The maximum atomic E-state index is 2.50. The molecule has 0 fully saturated rings. The van der Waals surface area contributed by atoms with Gasteiger partial charge in [0, 0.05) is 0 Å². The Morgan fingerprint density at radius 1 is 0.480 bits per heavy atom. The first kappa shape index (κ1) is 25.4. The molecule has 0 rings (SSSR count). The average molecular weight is 371 g/mol. The topological polar surface area (TPSA) is 0 Å². The lowest BCUT2D eigenvalue weighted by atomic mass is 9.86. The van der Waals surface area contributed by atoms with Crippen molar-refractivity contribution in [3.8, 4) is 0 Å². The Balaban J connectivity index is 4.86. The van der Waals surface area contributed by atoms with Crippen LogP contribution in [0.1, 0.15) is 102 Å². The monoisotopic (exact) mass is 370 g/mol. The van der Waals surface area contributed by atoms with Gasteiger partial charge >= 0.3 is 0 Å². The molecule has 152 valence electrons. The molecule has 0 aromatic rings. The van der Waals surface area contributed by atoms with E-state index in [1.54, 1.807) is 0 Å². The van der Waals surface area contributed by atoms with Crippen LogP contribution in [0.25, 0.3) is 0 Å². The predicted molar refractivity (Wildman–Crippen MR) is 121 cm³/mol. The largest absolute Gasteiger partial charge is 0.106 e. The summed E-state index contributed by atoms with van der Waals surface area (Å²) in [6.45, 7) is 29.1. The van der Waals surface area contributed by atoms with Gasteiger partial charge in [0.1, 0.15) is 0 Å². The second kappa shape index (κ2) is 10.1. The highest BCUT2D eigenvalue weighted by molar-refractivity contribution is 7.57. The fourth-order valence-corrected chi connectivity index (χ4v) is 8.35. The van der Waals surface area contributed by atoms with Crippen LogP contribution in [0, 0.1) is 34.0 Å². The van der Waals surface area contributed by atoms with Gasteiger partial charge < -0.3 is 0 Å². The molecule has 0 amide bonds. The molecule has 0 heterocycles. The van der Waals surface area contributed by atoms with Crippen molar-refractivity contribution in [2.45, 2.75) is 102 Å². The molecule has 0 aliphatic rings. The van der Waals surface area contributed by atoms with Crippen molar-refractivity contribution in [2.75, 3.05) is 18.5 Å². The van der Waals surface area contributed by atoms with Gasteiger partial charge in [0.15, 0.2) is 0 Å². The molecule has 25 heavy (non-hydrogen) atoms. The van der Waals surface area contributed by atoms with Gasteiger partial charge in [-0.25, -0.2) is 0 Å². The first-order valence-electron chi connectivity index (χ1n) is 10.7. The van der Waals surface area contributed by atoms with Crippen molar-refractivity contribution in [3.63, 3.8) is 0 Å². The molecule has 0 aromatic carbocycles. The molecule has 1 heteroatoms. The van der Waals surface area contributed by atoms with Crippen LogP contribution in [0.4, 0.5) is 0 Å². The van der Waals surface area contributed by atoms with Gasteiger partial charge in [-0.1, -0.05) is 83.1 Å². The minimum Gasteiger partial charge on any atom is -0.106 e. The fourth-order valence-electron chi connectivity index (χ4n) is 4.88. The molecule has 3 atom stereocenters. The van der Waals surface area contributed by atoms with E-state index >= 15 is 0 Å². The molecular formula is C24H51P. The number of hydrogen-bond acceptors (Lipinski definition) is 0. The molecule has 0 bridgehead atoms. The Morgan fingerprint density at radius 3 is 0.840 bits per heavy atom. The van der Waals surface area contributed by atoms with Gasteiger partial charge in [0.05, 0.1) is 0 Å². The van der Waals surface area contributed by atoms with Crippen LogP contribution in [0.3, 0.4) is 0 Å². The normalized spacial score (nSPS) is 18.7.